The summed E-state index contributed by atoms with van der Waals surface area (Å²) in [7, 11) is 0. The molecule has 0 amide bonds. The molecule has 26 heavy (non-hydrogen) atoms. The van der Waals surface area contributed by atoms with E-state index in [4.69, 9.17) is 11.6 Å². The molecule has 0 N–H and O–H groups in total. The fourth-order valence-corrected chi connectivity index (χ4v) is 2.94. The smallest absolute Gasteiger partial charge is 0.123 e. The molecular formula is C21H14ClF2NS. The lowest BCUT2D eigenvalue weighted by Gasteiger charge is -2.04. The van der Waals surface area contributed by atoms with Crippen LogP contribution in [-0.4, -0.2) is 5.71 Å². The van der Waals surface area contributed by atoms with Crippen molar-refractivity contribution in [2.45, 2.75) is 4.90 Å². The van der Waals surface area contributed by atoms with Gasteiger partial charge in [0, 0.05) is 15.5 Å². The number of hydrogen-bond acceptors (Lipinski definition) is 2. The Bertz CT molecular complexity index is 918. The minimum absolute atomic E-state index is 0.266. The number of allylic oxidation sites excluding steroid dienone is 1. The normalized spacial score (nSPS) is 11.9. The second kappa shape index (κ2) is 8.79. The Morgan fingerprint density at radius 2 is 1.38 bits per heavy atom. The number of rotatable bonds is 5. The van der Waals surface area contributed by atoms with Crippen LogP contribution in [0.2, 0.25) is 5.02 Å². The van der Waals surface area contributed by atoms with Crippen LogP contribution in [0.4, 0.5) is 14.5 Å². The van der Waals surface area contributed by atoms with Crippen LogP contribution in [0.25, 0.3) is 0 Å². The van der Waals surface area contributed by atoms with Crippen molar-refractivity contribution in [2.75, 3.05) is 0 Å². The number of halogens is 3. The van der Waals surface area contributed by atoms with E-state index in [0.29, 0.717) is 16.4 Å². The largest absolute Gasteiger partial charge is 0.248 e. The molecule has 3 rings (SSSR count). The molecule has 0 fully saturated rings. The molecule has 5 heteroatoms. The van der Waals surface area contributed by atoms with Crippen LogP contribution in [0, 0.1) is 11.6 Å². The van der Waals surface area contributed by atoms with Gasteiger partial charge in [0.1, 0.15) is 11.6 Å². The van der Waals surface area contributed by atoms with Gasteiger partial charge in [-0.15, -0.1) is 0 Å². The van der Waals surface area contributed by atoms with Gasteiger partial charge >= 0.3 is 0 Å². The Balaban J connectivity index is 1.87. The van der Waals surface area contributed by atoms with E-state index < -0.39 is 0 Å². The maximum Gasteiger partial charge on any atom is 0.123 e. The summed E-state index contributed by atoms with van der Waals surface area (Å²) < 4.78 is 26.1. The molecule has 0 bridgehead atoms. The Labute approximate surface area is 160 Å². The van der Waals surface area contributed by atoms with Gasteiger partial charge in [-0.05, 0) is 72.1 Å². The third-order valence-electron chi connectivity index (χ3n) is 3.46. The van der Waals surface area contributed by atoms with E-state index in [9.17, 15) is 8.78 Å². The molecule has 0 unspecified atom stereocenters. The average molecular weight is 386 g/mol. The first-order valence-corrected chi connectivity index (χ1v) is 9.05. The van der Waals surface area contributed by atoms with Gasteiger partial charge < -0.3 is 0 Å². The molecular weight excluding hydrogens is 372 g/mol. The van der Waals surface area contributed by atoms with Crippen LogP contribution >= 0.6 is 23.4 Å². The van der Waals surface area contributed by atoms with Crippen molar-refractivity contribution in [3.05, 3.63) is 107 Å². The molecule has 130 valence electrons. The Morgan fingerprint density at radius 3 is 2.00 bits per heavy atom. The van der Waals surface area contributed by atoms with Gasteiger partial charge in [-0.2, -0.15) is 0 Å². The zero-order valence-corrected chi connectivity index (χ0v) is 15.1. The van der Waals surface area contributed by atoms with Gasteiger partial charge in [-0.1, -0.05) is 35.5 Å². The summed E-state index contributed by atoms with van der Waals surface area (Å²) in [6.07, 6.45) is 1.86. The second-order valence-corrected chi connectivity index (χ2v) is 6.77. The van der Waals surface area contributed by atoms with Crippen LogP contribution in [0.15, 0.2) is 94.2 Å². The van der Waals surface area contributed by atoms with Crippen LogP contribution in [0.5, 0.6) is 0 Å². The second-order valence-electron chi connectivity index (χ2n) is 5.35. The fourth-order valence-electron chi connectivity index (χ4n) is 2.16. The minimum atomic E-state index is -0.306. The third kappa shape index (κ3) is 5.28. The highest BCUT2D eigenvalue weighted by Gasteiger charge is 2.02. The van der Waals surface area contributed by atoms with Crippen LogP contribution < -0.4 is 0 Å². The van der Waals surface area contributed by atoms with E-state index in [0.717, 1.165) is 10.5 Å². The molecule has 0 heterocycles. The molecule has 0 saturated heterocycles. The number of nitrogens with zero attached hydrogens (tertiary/aromatic N) is 1. The van der Waals surface area contributed by atoms with E-state index in [-0.39, 0.29) is 11.6 Å². The summed E-state index contributed by atoms with van der Waals surface area (Å²) in [6, 6.07) is 19.6. The van der Waals surface area contributed by atoms with Crippen molar-refractivity contribution in [1.29, 1.82) is 0 Å². The van der Waals surface area contributed by atoms with Crippen LogP contribution in [-0.2, 0) is 0 Å². The summed E-state index contributed by atoms with van der Waals surface area (Å²) in [6.45, 7) is 0. The maximum atomic E-state index is 13.1. The van der Waals surface area contributed by atoms with Gasteiger partial charge in [0.05, 0.1) is 11.4 Å². The zero-order chi connectivity index (χ0) is 18.4. The summed E-state index contributed by atoms with van der Waals surface area (Å²) in [4.78, 5) is 5.51. The van der Waals surface area contributed by atoms with Crippen molar-refractivity contribution in [3.8, 4) is 0 Å². The predicted molar refractivity (Wildman–Crippen MR) is 105 cm³/mol. The Morgan fingerprint density at radius 1 is 0.808 bits per heavy atom. The summed E-state index contributed by atoms with van der Waals surface area (Å²) in [5, 5.41) is 2.52. The zero-order valence-electron chi connectivity index (χ0n) is 13.6. The molecule has 0 spiro atoms. The van der Waals surface area contributed by atoms with Crippen molar-refractivity contribution in [3.63, 3.8) is 0 Å². The number of benzene rings is 3. The van der Waals surface area contributed by atoms with Crippen molar-refractivity contribution in [1.82, 2.24) is 0 Å². The first kappa shape index (κ1) is 18.4. The highest BCUT2D eigenvalue weighted by atomic mass is 35.5. The highest BCUT2D eigenvalue weighted by molar-refractivity contribution is 8.02. The van der Waals surface area contributed by atoms with E-state index in [2.05, 4.69) is 4.99 Å². The van der Waals surface area contributed by atoms with E-state index >= 15 is 0 Å². The first-order valence-electron chi connectivity index (χ1n) is 7.79. The molecule has 0 atom stereocenters. The van der Waals surface area contributed by atoms with Crippen molar-refractivity contribution >= 4 is 34.8 Å². The molecule has 0 aliphatic heterocycles. The minimum Gasteiger partial charge on any atom is -0.248 e. The number of hydrogen-bond donors (Lipinski definition) is 0. The molecule has 3 aromatic carbocycles. The Hall–Kier alpha value is -2.43. The first-order chi connectivity index (χ1) is 12.6. The maximum absolute atomic E-state index is 13.1. The summed E-state index contributed by atoms with van der Waals surface area (Å²) in [5.74, 6) is -0.572. The Kier molecular flexibility index (Phi) is 6.21. The standard InChI is InChI=1S/C21H14ClF2NS/c22-16-3-1-15(2-4-16)21(25-19-9-5-17(23)6-10-19)13-14-26-20-11-7-18(24)8-12-20/h1-14H/b14-13+,25-21?. The molecule has 1 nitrogen and oxygen atoms in total. The van der Waals surface area contributed by atoms with Gasteiger partial charge in [-0.25, -0.2) is 13.8 Å². The van der Waals surface area contributed by atoms with Gasteiger partial charge in [0.2, 0.25) is 0 Å². The van der Waals surface area contributed by atoms with Crippen LogP contribution in [0.3, 0.4) is 0 Å². The van der Waals surface area contributed by atoms with Crippen LogP contribution in [0.1, 0.15) is 5.56 Å². The lowest BCUT2D eigenvalue weighted by atomic mass is 10.1. The molecule has 0 aliphatic rings. The van der Waals surface area contributed by atoms with Gasteiger partial charge in [0.25, 0.3) is 0 Å². The van der Waals surface area contributed by atoms with E-state index in [1.165, 1.54) is 36.0 Å². The molecule has 3 aromatic rings. The lowest BCUT2D eigenvalue weighted by Crippen LogP contribution is -1.95. The van der Waals surface area contributed by atoms with Gasteiger partial charge in [-0.3, -0.25) is 0 Å². The van der Waals surface area contributed by atoms with E-state index in [1.54, 1.807) is 36.4 Å². The highest BCUT2D eigenvalue weighted by Crippen LogP contribution is 2.21. The number of aliphatic imine (C=N–C) groups is 1. The van der Waals surface area contributed by atoms with Crippen molar-refractivity contribution in [2.24, 2.45) is 4.99 Å². The quantitative estimate of drug-likeness (QED) is 0.338. The average Bonchev–Trinajstić information content (AvgIpc) is 2.65. The SMILES string of the molecule is Fc1ccc(N=C(/C=C/Sc2ccc(F)cc2)c2ccc(Cl)cc2)cc1. The topological polar surface area (TPSA) is 12.4 Å². The number of thioether (sulfide) groups is 1. The lowest BCUT2D eigenvalue weighted by molar-refractivity contribution is 0.626. The summed E-state index contributed by atoms with van der Waals surface area (Å²) >= 11 is 7.41. The molecule has 0 radical (unpaired) electrons. The molecule has 0 saturated carbocycles. The summed E-state index contributed by atoms with van der Waals surface area (Å²) in [5.41, 5.74) is 2.24. The van der Waals surface area contributed by atoms with E-state index in [1.807, 2.05) is 23.6 Å². The predicted octanol–water partition coefficient (Wildman–Crippen LogP) is 7.05. The van der Waals surface area contributed by atoms with Crippen molar-refractivity contribution < 1.29 is 8.78 Å². The molecule has 0 aromatic heterocycles. The molecule has 0 aliphatic carbocycles. The monoisotopic (exact) mass is 385 g/mol. The third-order valence-corrected chi connectivity index (χ3v) is 4.53. The van der Waals surface area contributed by atoms with Gasteiger partial charge in [0.15, 0.2) is 0 Å². The fraction of sp³-hybridized carbons (Fsp3) is 0.